The fourth-order valence-corrected chi connectivity index (χ4v) is 8.43. The zero-order valence-electron chi connectivity index (χ0n) is 34.1. The van der Waals surface area contributed by atoms with Crippen LogP contribution in [0, 0.1) is 39.5 Å². The average molecular weight is 801 g/mol. The summed E-state index contributed by atoms with van der Waals surface area (Å²) in [7, 11) is 0. The maximum atomic E-state index is 12.6. The lowest BCUT2D eigenvalue weighted by Gasteiger charge is -2.32. The largest absolute Gasteiger partial charge is 0.508 e. The quantitative estimate of drug-likeness (QED) is 0.0677. The molecule has 0 saturated heterocycles. The number of fused-ring (bicyclic) bond motifs is 1. The topological polar surface area (TPSA) is 171 Å². The van der Waals surface area contributed by atoms with Gasteiger partial charge in [0.1, 0.15) is 23.0 Å². The molecule has 10 nitrogen and oxygen atoms in total. The van der Waals surface area contributed by atoms with Crippen LogP contribution in [0.15, 0.2) is 97.1 Å². The van der Waals surface area contributed by atoms with E-state index in [0.29, 0.717) is 42.4 Å². The number of carboxylic acid groups (broad SMARTS) is 1. The SMILES string of the molecule is Cc1cc(C(C)(CCCOC(=O)C2CCCCC2C(=O)O)c2ccc(O)c(C)c2)ccc1O.Cc1cc(C2(c3ccc(O)c(C)c3)OC(=O)c3ccccc32)ccc1O. The molecule has 10 heteroatoms. The molecule has 5 N–H and O–H groups in total. The number of phenolic OH excluding ortho intramolecular Hbond substituents is 4. The highest BCUT2D eigenvalue weighted by Crippen LogP contribution is 2.48. The van der Waals surface area contributed by atoms with E-state index in [-0.39, 0.29) is 29.6 Å². The number of esters is 2. The standard InChI is InChI=1S/C27H34O6.C22H18O4/c1-17-15-19(9-11-23(17)28)27(3,20-10-12-24(29)18(2)16-20)13-6-14-33-26(32)22-8-5-4-7-21(22)25(30)31;1-13-11-15(7-9-19(13)23)22(16-8-10-20(24)14(2)12-16)18-6-4-3-5-17(18)21(25)26-22/h9-12,15-16,21-22,28-29H,4-8,13-14H2,1-3H3,(H,30,31);3-12,23-24H,1-2H3. The lowest BCUT2D eigenvalue weighted by molar-refractivity contribution is -0.159. The zero-order chi connectivity index (χ0) is 42.6. The van der Waals surface area contributed by atoms with Crippen LogP contribution in [0.25, 0.3) is 0 Å². The zero-order valence-corrected chi connectivity index (χ0v) is 34.1. The van der Waals surface area contributed by atoms with E-state index in [1.54, 1.807) is 62.4 Å². The summed E-state index contributed by atoms with van der Waals surface area (Å²) in [5.41, 5.74) is 6.19. The Labute approximate surface area is 344 Å². The van der Waals surface area contributed by atoms with Crippen LogP contribution in [0.4, 0.5) is 0 Å². The van der Waals surface area contributed by atoms with Crippen LogP contribution in [0.3, 0.4) is 0 Å². The summed E-state index contributed by atoms with van der Waals surface area (Å²) >= 11 is 0. The molecule has 1 heterocycles. The number of ether oxygens (including phenoxy) is 2. The predicted molar refractivity (Wildman–Crippen MR) is 223 cm³/mol. The van der Waals surface area contributed by atoms with Crippen molar-refractivity contribution >= 4 is 17.9 Å². The summed E-state index contributed by atoms with van der Waals surface area (Å²) in [6, 6.07) is 28.8. The van der Waals surface area contributed by atoms with Gasteiger partial charge in [0, 0.05) is 22.1 Å². The van der Waals surface area contributed by atoms with Gasteiger partial charge in [-0.2, -0.15) is 0 Å². The third kappa shape index (κ3) is 8.49. The smallest absolute Gasteiger partial charge is 0.340 e. The first-order chi connectivity index (χ1) is 28.1. The molecule has 1 fully saturated rings. The fourth-order valence-electron chi connectivity index (χ4n) is 8.43. The number of cyclic esters (lactones) is 1. The van der Waals surface area contributed by atoms with E-state index in [9.17, 15) is 39.9 Å². The van der Waals surface area contributed by atoms with E-state index in [4.69, 9.17) is 9.47 Å². The first-order valence-corrected chi connectivity index (χ1v) is 20.0. The van der Waals surface area contributed by atoms with Crippen molar-refractivity contribution in [2.75, 3.05) is 6.61 Å². The second-order valence-electron chi connectivity index (χ2n) is 16.1. The molecule has 0 aromatic heterocycles. The third-order valence-electron chi connectivity index (χ3n) is 12.1. The van der Waals surface area contributed by atoms with Gasteiger partial charge in [0.25, 0.3) is 0 Å². The van der Waals surface area contributed by atoms with Crippen molar-refractivity contribution in [2.45, 2.75) is 84.2 Å². The van der Waals surface area contributed by atoms with Crippen molar-refractivity contribution in [1.29, 1.82) is 0 Å². The molecule has 0 amide bonds. The lowest BCUT2D eigenvalue weighted by Crippen LogP contribution is -2.34. The van der Waals surface area contributed by atoms with E-state index >= 15 is 0 Å². The van der Waals surface area contributed by atoms with Crippen LogP contribution in [0.2, 0.25) is 0 Å². The van der Waals surface area contributed by atoms with Gasteiger partial charge in [-0.15, -0.1) is 0 Å². The van der Waals surface area contributed by atoms with Crippen LogP contribution >= 0.6 is 0 Å². The molecule has 2 unspecified atom stereocenters. The Hall–Kier alpha value is -6.29. The van der Waals surface area contributed by atoms with Gasteiger partial charge in [-0.1, -0.05) is 74.4 Å². The molecule has 59 heavy (non-hydrogen) atoms. The minimum atomic E-state index is -1.12. The lowest BCUT2D eigenvalue weighted by atomic mass is 9.72. The Morgan fingerprint density at radius 2 is 1.17 bits per heavy atom. The molecule has 7 rings (SSSR count). The number of hydrogen-bond donors (Lipinski definition) is 5. The molecule has 2 aliphatic rings. The molecular weight excluding hydrogens is 749 g/mol. The number of phenols is 4. The van der Waals surface area contributed by atoms with Gasteiger partial charge >= 0.3 is 17.9 Å². The second kappa shape index (κ2) is 17.3. The van der Waals surface area contributed by atoms with Crippen LogP contribution < -0.4 is 0 Å². The maximum absolute atomic E-state index is 12.6. The molecule has 5 aromatic rings. The normalized spacial score (nSPS) is 16.9. The molecule has 0 spiro atoms. The highest BCUT2D eigenvalue weighted by atomic mass is 16.6. The number of aliphatic carboxylic acids is 1. The van der Waals surface area contributed by atoms with Crippen molar-refractivity contribution in [3.63, 3.8) is 0 Å². The minimum Gasteiger partial charge on any atom is -0.508 e. The van der Waals surface area contributed by atoms with E-state index in [0.717, 1.165) is 51.8 Å². The summed E-state index contributed by atoms with van der Waals surface area (Å²) < 4.78 is 11.5. The van der Waals surface area contributed by atoms with E-state index < -0.39 is 40.8 Å². The molecule has 1 saturated carbocycles. The van der Waals surface area contributed by atoms with Gasteiger partial charge in [0.05, 0.1) is 24.0 Å². The summed E-state index contributed by atoms with van der Waals surface area (Å²) in [5, 5.41) is 49.3. The highest BCUT2D eigenvalue weighted by molar-refractivity contribution is 5.96. The molecular formula is C49H52O10. The van der Waals surface area contributed by atoms with Crippen molar-refractivity contribution in [3.05, 3.63) is 153 Å². The van der Waals surface area contributed by atoms with Gasteiger partial charge < -0.3 is 35.0 Å². The van der Waals surface area contributed by atoms with E-state index in [2.05, 4.69) is 6.92 Å². The second-order valence-corrected chi connectivity index (χ2v) is 16.1. The summed E-state index contributed by atoms with van der Waals surface area (Å²) in [6.07, 6.45) is 4.02. The van der Waals surface area contributed by atoms with Gasteiger partial charge in [-0.3, -0.25) is 9.59 Å². The summed E-state index contributed by atoms with van der Waals surface area (Å²) in [5.74, 6) is -2.11. The number of carbonyl (C=O) groups excluding carboxylic acids is 2. The molecule has 2 atom stereocenters. The number of aryl methyl sites for hydroxylation is 4. The number of carboxylic acids is 1. The Kier molecular flexibility index (Phi) is 12.4. The van der Waals surface area contributed by atoms with Crippen molar-refractivity contribution in [1.82, 2.24) is 0 Å². The molecule has 0 bridgehead atoms. The van der Waals surface area contributed by atoms with Crippen molar-refractivity contribution in [2.24, 2.45) is 11.8 Å². The first-order valence-electron chi connectivity index (χ1n) is 20.0. The molecule has 1 aliphatic heterocycles. The minimum absolute atomic E-state index is 0.184. The number of carbonyl (C=O) groups is 3. The number of rotatable bonds is 10. The van der Waals surface area contributed by atoms with E-state index in [1.165, 1.54) is 0 Å². The Morgan fingerprint density at radius 3 is 1.66 bits per heavy atom. The highest BCUT2D eigenvalue weighted by Gasteiger charge is 2.48. The fraction of sp³-hybridized carbons (Fsp3) is 0.327. The monoisotopic (exact) mass is 800 g/mol. The number of aromatic hydroxyl groups is 4. The van der Waals surface area contributed by atoms with E-state index in [1.807, 2.05) is 62.4 Å². The van der Waals surface area contributed by atoms with Crippen molar-refractivity contribution in [3.8, 4) is 23.0 Å². The van der Waals surface area contributed by atoms with Crippen LogP contribution in [0.5, 0.6) is 23.0 Å². The van der Waals surface area contributed by atoms with Gasteiger partial charge in [0.2, 0.25) is 0 Å². The molecule has 308 valence electrons. The Morgan fingerprint density at radius 1 is 0.695 bits per heavy atom. The Bertz CT molecular complexity index is 2280. The first kappa shape index (κ1) is 42.3. The van der Waals surface area contributed by atoms with Gasteiger partial charge in [-0.25, -0.2) is 4.79 Å². The molecule has 1 aliphatic carbocycles. The van der Waals surface area contributed by atoms with Crippen molar-refractivity contribution < 1.29 is 49.4 Å². The van der Waals surface area contributed by atoms with Crippen LogP contribution in [-0.4, -0.2) is 50.0 Å². The average Bonchev–Trinajstić information content (AvgIpc) is 3.53. The van der Waals surface area contributed by atoms with Gasteiger partial charge in [-0.05, 0) is 129 Å². The van der Waals surface area contributed by atoms with Crippen LogP contribution in [-0.2, 0) is 30.1 Å². The summed E-state index contributed by atoms with van der Waals surface area (Å²) in [6.45, 7) is 9.63. The molecule has 5 aromatic carbocycles. The molecule has 0 radical (unpaired) electrons. The van der Waals surface area contributed by atoms with Gasteiger partial charge in [0.15, 0.2) is 5.60 Å². The maximum Gasteiger partial charge on any atom is 0.340 e. The summed E-state index contributed by atoms with van der Waals surface area (Å²) in [4.78, 5) is 36.7. The third-order valence-corrected chi connectivity index (χ3v) is 12.1. The Balaban J connectivity index is 0.000000203. The number of hydrogen-bond acceptors (Lipinski definition) is 9. The number of benzene rings is 5. The van der Waals surface area contributed by atoms with Crippen LogP contribution in [0.1, 0.15) is 106 Å². The predicted octanol–water partition coefficient (Wildman–Crippen LogP) is 9.41.